The first-order valence-electron chi connectivity index (χ1n) is 9.36. The van der Waals surface area contributed by atoms with Gasteiger partial charge in [0.2, 0.25) is 5.91 Å². The van der Waals surface area contributed by atoms with Gasteiger partial charge in [0.05, 0.1) is 5.92 Å². The van der Waals surface area contributed by atoms with Gasteiger partial charge in [0, 0.05) is 31.2 Å². The van der Waals surface area contributed by atoms with Crippen molar-refractivity contribution in [1.82, 2.24) is 9.80 Å². The SMILES string of the molecule is Cc1ccc(C(=O)N2CCCC(C(=O)N3CC(CN)CC3C)C2)cc1.Cl. The third-order valence-electron chi connectivity index (χ3n) is 5.63. The second kappa shape index (κ2) is 8.87. The number of piperidine rings is 1. The predicted octanol–water partition coefficient (Wildman–Crippen LogP) is 2.46. The van der Waals surface area contributed by atoms with Crippen LogP contribution in [0, 0.1) is 18.8 Å². The Morgan fingerprint density at radius 1 is 1.19 bits per heavy atom. The van der Waals surface area contributed by atoms with Crippen LogP contribution in [-0.4, -0.2) is 53.8 Å². The Bertz CT molecular complexity index is 634. The van der Waals surface area contributed by atoms with Crippen molar-refractivity contribution in [3.63, 3.8) is 0 Å². The van der Waals surface area contributed by atoms with Crippen LogP contribution in [0.2, 0.25) is 0 Å². The summed E-state index contributed by atoms with van der Waals surface area (Å²) in [6, 6.07) is 7.91. The van der Waals surface area contributed by atoms with Gasteiger partial charge in [0.15, 0.2) is 0 Å². The molecule has 0 spiro atoms. The smallest absolute Gasteiger partial charge is 0.253 e. The molecule has 3 unspecified atom stereocenters. The topological polar surface area (TPSA) is 66.6 Å². The fraction of sp³-hybridized carbons (Fsp3) is 0.600. The first-order chi connectivity index (χ1) is 12.0. The molecule has 1 aromatic rings. The van der Waals surface area contributed by atoms with Gasteiger partial charge in [-0.1, -0.05) is 17.7 Å². The molecule has 6 heteroatoms. The molecule has 2 saturated heterocycles. The molecule has 0 saturated carbocycles. The van der Waals surface area contributed by atoms with Crippen molar-refractivity contribution in [3.05, 3.63) is 35.4 Å². The molecule has 2 N–H and O–H groups in total. The third-order valence-corrected chi connectivity index (χ3v) is 5.63. The maximum absolute atomic E-state index is 13.0. The van der Waals surface area contributed by atoms with Gasteiger partial charge >= 0.3 is 0 Å². The highest BCUT2D eigenvalue weighted by molar-refractivity contribution is 5.94. The molecular formula is C20H30ClN3O2. The highest BCUT2D eigenvalue weighted by Gasteiger charge is 2.37. The van der Waals surface area contributed by atoms with Crippen molar-refractivity contribution in [1.29, 1.82) is 0 Å². The van der Waals surface area contributed by atoms with Crippen LogP contribution >= 0.6 is 12.4 Å². The number of carbonyl (C=O) groups is 2. The number of nitrogens with two attached hydrogens (primary N) is 1. The summed E-state index contributed by atoms with van der Waals surface area (Å²) in [5, 5.41) is 0. The van der Waals surface area contributed by atoms with Crippen molar-refractivity contribution in [2.75, 3.05) is 26.2 Å². The van der Waals surface area contributed by atoms with Crippen LogP contribution < -0.4 is 5.73 Å². The number of aryl methyl sites for hydroxylation is 1. The van der Waals surface area contributed by atoms with Crippen LogP contribution in [-0.2, 0) is 4.79 Å². The fourth-order valence-corrected chi connectivity index (χ4v) is 4.10. The molecule has 1 aromatic carbocycles. The van der Waals surface area contributed by atoms with E-state index in [1.165, 1.54) is 0 Å². The van der Waals surface area contributed by atoms with Crippen molar-refractivity contribution in [2.24, 2.45) is 17.6 Å². The van der Waals surface area contributed by atoms with E-state index >= 15 is 0 Å². The van der Waals surface area contributed by atoms with Crippen molar-refractivity contribution in [3.8, 4) is 0 Å². The molecule has 3 rings (SSSR count). The number of hydrogen-bond donors (Lipinski definition) is 1. The number of carbonyl (C=O) groups excluding carboxylic acids is 2. The van der Waals surface area contributed by atoms with E-state index in [0.717, 1.165) is 37.9 Å². The number of benzene rings is 1. The number of halogens is 1. The normalized spacial score (nSPS) is 25.7. The summed E-state index contributed by atoms with van der Waals surface area (Å²) in [7, 11) is 0. The minimum absolute atomic E-state index is 0. The maximum Gasteiger partial charge on any atom is 0.253 e. The molecule has 3 atom stereocenters. The second-order valence-corrected chi connectivity index (χ2v) is 7.63. The molecule has 0 bridgehead atoms. The van der Waals surface area contributed by atoms with Crippen LogP contribution in [0.3, 0.4) is 0 Å². The zero-order chi connectivity index (χ0) is 18.0. The highest BCUT2D eigenvalue weighted by Crippen LogP contribution is 2.27. The van der Waals surface area contributed by atoms with Crippen molar-refractivity contribution < 1.29 is 9.59 Å². The monoisotopic (exact) mass is 379 g/mol. The van der Waals surface area contributed by atoms with Crippen LogP contribution in [0.5, 0.6) is 0 Å². The minimum atomic E-state index is -0.0814. The van der Waals surface area contributed by atoms with Gasteiger partial charge in [-0.3, -0.25) is 9.59 Å². The molecule has 5 nitrogen and oxygen atoms in total. The average molecular weight is 380 g/mol. The predicted molar refractivity (Wildman–Crippen MR) is 105 cm³/mol. The number of likely N-dealkylation sites (tertiary alicyclic amines) is 2. The maximum atomic E-state index is 13.0. The van der Waals surface area contributed by atoms with Crippen molar-refractivity contribution in [2.45, 2.75) is 39.2 Å². The quantitative estimate of drug-likeness (QED) is 0.877. The van der Waals surface area contributed by atoms with E-state index in [9.17, 15) is 9.59 Å². The number of rotatable bonds is 3. The summed E-state index contributed by atoms with van der Waals surface area (Å²) in [5.41, 5.74) is 7.63. The Hall–Kier alpha value is -1.59. The molecule has 2 aliphatic rings. The zero-order valence-corrected chi connectivity index (χ0v) is 16.5. The van der Waals surface area contributed by atoms with Crippen molar-refractivity contribution >= 4 is 24.2 Å². The lowest BCUT2D eigenvalue weighted by Crippen LogP contribution is -2.47. The Kier molecular flexibility index (Phi) is 7.07. The fourth-order valence-electron chi connectivity index (χ4n) is 4.10. The van der Waals surface area contributed by atoms with E-state index in [1.807, 2.05) is 41.0 Å². The lowest BCUT2D eigenvalue weighted by Gasteiger charge is -2.35. The summed E-state index contributed by atoms with van der Waals surface area (Å²) in [6.07, 6.45) is 2.74. The lowest BCUT2D eigenvalue weighted by atomic mass is 9.95. The molecular weight excluding hydrogens is 350 g/mol. The highest BCUT2D eigenvalue weighted by atomic mass is 35.5. The van der Waals surface area contributed by atoms with E-state index in [1.54, 1.807) is 0 Å². The average Bonchev–Trinajstić information content (AvgIpc) is 3.02. The molecule has 2 fully saturated rings. The summed E-state index contributed by atoms with van der Waals surface area (Å²) in [4.78, 5) is 29.5. The van der Waals surface area contributed by atoms with E-state index < -0.39 is 0 Å². The van der Waals surface area contributed by atoms with Crippen LogP contribution in [0.1, 0.15) is 42.1 Å². The van der Waals surface area contributed by atoms with E-state index in [4.69, 9.17) is 5.73 Å². The molecule has 144 valence electrons. The van der Waals surface area contributed by atoms with Gasteiger partial charge < -0.3 is 15.5 Å². The van der Waals surface area contributed by atoms with E-state index in [-0.39, 0.29) is 36.2 Å². The van der Waals surface area contributed by atoms with Gasteiger partial charge in [0.25, 0.3) is 5.91 Å². The first-order valence-corrected chi connectivity index (χ1v) is 9.36. The molecule has 2 aliphatic heterocycles. The van der Waals surface area contributed by atoms with Gasteiger partial charge in [0.1, 0.15) is 0 Å². The van der Waals surface area contributed by atoms with Gasteiger partial charge in [-0.25, -0.2) is 0 Å². The summed E-state index contributed by atoms with van der Waals surface area (Å²) in [6.45, 7) is 6.77. The van der Waals surface area contributed by atoms with Gasteiger partial charge in [-0.05, 0) is 57.7 Å². The van der Waals surface area contributed by atoms with Crippen LogP contribution in [0.25, 0.3) is 0 Å². The third kappa shape index (κ3) is 4.38. The molecule has 26 heavy (non-hydrogen) atoms. The van der Waals surface area contributed by atoms with Gasteiger partial charge in [-0.15, -0.1) is 12.4 Å². The molecule has 0 radical (unpaired) electrons. The van der Waals surface area contributed by atoms with E-state index in [0.29, 0.717) is 24.6 Å². The minimum Gasteiger partial charge on any atom is -0.339 e. The van der Waals surface area contributed by atoms with Gasteiger partial charge in [-0.2, -0.15) is 0 Å². The van der Waals surface area contributed by atoms with Crippen LogP contribution in [0.4, 0.5) is 0 Å². The number of nitrogens with zero attached hydrogens (tertiary/aromatic N) is 2. The van der Waals surface area contributed by atoms with Crippen LogP contribution in [0.15, 0.2) is 24.3 Å². The van der Waals surface area contributed by atoms with E-state index in [2.05, 4.69) is 6.92 Å². The molecule has 2 heterocycles. The summed E-state index contributed by atoms with van der Waals surface area (Å²) >= 11 is 0. The number of hydrogen-bond acceptors (Lipinski definition) is 3. The first kappa shape index (κ1) is 20.7. The number of amides is 2. The summed E-state index contributed by atoms with van der Waals surface area (Å²) in [5.74, 6) is 0.562. The Morgan fingerprint density at radius 2 is 1.88 bits per heavy atom. The summed E-state index contributed by atoms with van der Waals surface area (Å²) < 4.78 is 0. The standard InChI is InChI=1S/C20H29N3O2.ClH/c1-14-5-7-17(8-6-14)19(24)22-9-3-4-18(13-22)20(25)23-12-16(11-21)10-15(23)2;/h5-8,15-16,18H,3-4,9-13,21H2,1-2H3;1H. The molecule has 0 aromatic heterocycles. The second-order valence-electron chi connectivity index (χ2n) is 7.63. The Morgan fingerprint density at radius 3 is 2.50 bits per heavy atom. The molecule has 2 amide bonds. The Balaban J connectivity index is 0.00000243. The molecule has 0 aliphatic carbocycles. The largest absolute Gasteiger partial charge is 0.339 e. The lowest BCUT2D eigenvalue weighted by molar-refractivity contribution is -0.137. The zero-order valence-electron chi connectivity index (χ0n) is 15.7. The Labute approximate surface area is 162 Å².